The van der Waals surface area contributed by atoms with E-state index in [0.29, 0.717) is 12.5 Å². The topological polar surface area (TPSA) is 90.9 Å². The van der Waals surface area contributed by atoms with Crippen molar-refractivity contribution in [3.63, 3.8) is 0 Å². The molecular formula is C10H21N3O2. The zero-order valence-electron chi connectivity index (χ0n) is 9.19. The summed E-state index contributed by atoms with van der Waals surface area (Å²) in [6.07, 6.45) is 2.79. The molecule has 0 aromatic heterocycles. The largest absolute Gasteiger partial charge is 0.409 e. The highest BCUT2D eigenvalue weighted by molar-refractivity contribution is 5.82. The average molecular weight is 215 g/mol. The van der Waals surface area contributed by atoms with Gasteiger partial charge in [0.25, 0.3) is 0 Å². The zero-order chi connectivity index (χ0) is 11.3. The minimum Gasteiger partial charge on any atom is -0.409 e. The van der Waals surface area contributed by atoms with Crippen LogP contribution in [0.25, 0.3) is 0 Å². The quantitative estimate of drug-likeness (QED) is 0.227. The van der Waals surface area contributed by atoms with E-state index >= 15 is 0 Å². The number of hydrogen-bond donors (Lipinski definition) is 4. The Balaban J connectivity index is 2.11. The van der Waals surface area contributed by atoms with Gasteiger partial charge in [0.15, 0.2) is 0 Å². The molecule has 0 bridgehead atoms. The minimum absolute atomic E-state index is 0.0429. The molecule has 0 radical (unpaired) electrons. The molecule has 0 aliphatic heterocycles. The molecular weight excluding hydrogens is 194 g/mol. The molecule has 0 aromatic rings. The van der Waals surface area contributed by atoms with E-state index in [0.717, 1.165) is 25.8 Å². The van der Waals surface area contributed by atoms with Gasteiger partial charge in [-0.1, -0.05) is 12.1 Å². The molecule has 3 unspecified atom stereocenters. The molecule has 0 saturated heterocycles. The van der Waals surface area contributed by atoms with Crippen LogP contribution in [0, 0.1) is 11.8 Å². The summed E-state index contributed by atoms with van der Waals surface area (Å²) in [5.41, 5.74) is 5.45. The maximum Gasteiger partial charge on any atom is 0.143 e. The Morgan fingerprint density at radius 3 is 2.87 bits per heavy atom. The van der Waals surface area contributed by atoms with Crippen LogP contribution in [0.2, 0.25) is 0 Å². The number of nitrogens with two attached hydrogens (primary N) is 1. The van der Waals surface area contributed by atoms with E-state index in [-0.39, 0.29) is 17.9 Å². The Morgan fingerprint density at radius 2 is 2.33 bits per heavy atom. The summed E-state index contributed by atoms with van der Waals surface area (Å²) in [5.74, 6) is 0.870. The summed E-state index contributed by atoms with van der Waals surface area (Å²) in [4.78, 5) is 0. The van der Waals surface area contributed by atoms with Crippen molar-refractivity contribution in [2.45, 2.75) is 32.3 Å². The Kier molecular flexibility index (Phi) is 4.84. The second-order valence-electron chi connectivity index (χ2n) is 4.42. The Bertz CT molecular complexity index is 221. The van der Waals surface area contributed by atoms with Crippen molar-refractivity contribution >= 4 is 5.84 Å². The van der Waals surface area contributed by atoms with Gasteiger partial charge >= 0.3 is 0 Å². The van der Waals surface area contributed by atoms with Gasteiger partial charge in [-0.2, -0.15) is 0 Å². The smallest absolute Gasteiger partial charge is 0.143 e. The van der Waals surface area contributed by atoms with Gasteiger partial charge in [-0.25, -0.2) is 0 Å². The summed E-state index contributed by atoms with van der Waals surface area (Å²) in [5, 5.41) is 24.0. The van der Waals surface area contributed by atoms with E-state index < -0.39 is 0 Å². The van der Waals surface area contributed by atoms with Crippen molar-refractivity contribution in [2.75, 3.05) is 13.1 Å². The van der Waals surface area contributed by atoms with Crippen molar-refractivity contribution in [3.05, 3.63) is 0 Å². The number of oxime groups is 1. The standard InChI is InChI=1S/C10H21N3O2/c1-7(10(11)13-15)5-12-6-8-2-3-9(14)4-8/h7-9,12,14-15H,2-6H2,1H3,(H2,11,13). The minimum atomic E-state index is -0.113. The van der Waals surface area contributed by atoms with Crippen LogP contribution in [0.3, 0.4) is 0 Å². The van der Waals surface area contributed by atoms with E-state index in [1.165, 1.54) is 0 Å². The second kappa shape index (κ2) is 5.92. The molecule has 0 spiro atoms. The molecule has 5 nitrogen and oxygen atoms in total. The normalized spacial score (nSPS) is 29.3. The molecule has 0 aromatic carbocycles. The van der Waals surface area contributed by atoms with Gasteiger partial charge in [0, 0.05) is 12.5 Å². The van der Waals surface area contributed by atoms with Crippen LogP contribution < -0.4 is 11.1 Å². The van der Waals surface area contributed by atoms with E-state index in [9.17, 15) is 5.11 Å². The lowest BCUT2D eigenvalue weighted by molar-refractivity contribution is 0.177. The maximum absolute atomic E-state index is 9.33. The van der Waals surface area contributed by atoms with Crippen molar-refractivity contribution < 1.29 is 10.3 Å². The van der Waals surface area contributed by atoms with Crippen molar-refractivity contribution in [1.82, 2.24) is 5.32 Å². The van der Waals surface area contributed by atoms with E-state index in [4.69, 9.17) is 10.9 Å². The van der Waals surface area contributed by atoms with E-state index in [2.05, 4.69) is 10.5 Å². The average Bonchev–Trinajstić information content (AvgIpc) is 2.63. The van der Waals surface area contributed by atoms with Crippen LogP contribution in [0.4, 0.5) is 0 Å². The fourth-order valence-corrected chi connectivity index (χ4v) is 1.94. The molecule has 5 N–H and O–H groups in total. The highest BCUT2D eigenvalue weighted by atomic mass is 16.4. The molecule has 0 heterocycles. The van der Waals surface area contributed by atoms with Gasteiger partial charge in [-0.15, -0.1) is 0 Å². The summed E-state index contributed by atoms with van der Waals surface area (Å²) >= 11 is 0. The molecule has 5 heteroatoms. The first kappa shape index (κ1) is 12.3. The predicted molar refractivity (Wildman–Crippen MR) is 58.8 cm³/mol. The third-order valence-corrected chi connectivity index (χ3v) is 3.02. The second-order valence-corrected chi connectivity index (χ2v) is 4.42. The first-order valence-electron chi connectivity index (χ1n) is 5.49. The molecule has 1 aliphatic carbocycles. The van der Waals surface area contributed by atoms with Gasteiger partial charge in [0.2, 0.25) is 0 Å². The summed E-state index contributed by atoms with van der Waals surface area (Å²) in [7, 11) is 0. The Hall–Kier alpha value is -0.810. The number of nitrogens with one attached hydrogen (secondary N) is 1. The van der Waals surface area contributed by atoms with Crippen LogP contribution in [0.15, 0.2) is 5.16 Å². The van der Waals surface area contributed by atoms with E-state index in [1.54, 1.807) is 0 Å². The van der Waals surface area contributed by atoms with Gasteiger partial charge in [-0.3, -0.25) is 0 Å². The molecule has 15 heavy (non-hydrogen) atoms. The van der Waals surface area contributed by atoms with Crippen LogP contribution in [-0.4, -0.2) is 35.3 Å². The monoisotopic (exact) mass is 215 g/mol. The number of aliphatic hydroxyl groups is 1. The highest BCUT2D eigenvalue weighted by Gasteiger charge is 2.22. The van der Waals surface area contributed by atoms with Gasteiger partial charge in [-0.05, 0) is 31.7 Å². The van der Waals surface area contributed by atoms with E-state index in [1.807, 2.05) is 6.92 Å². The van der Waals surface area contributed by atoms with Crippen LogP contribution in [0.1, 0.15) is 26.2 Å². The van der Waals surface area contributed by atoms with Gasteiger partial charge in [0.1, 0.15) is 5.84 Å². The molecule has 0 amide bonds. The third kappa shape index (κ3) is 4.05. The predicted octanol–water partition coefficient (Wildman–Crippen LogP) is 0.120. The lowest BCUT2D eigenvalue weighted by atomic mass is 10.1. The highest BCUT2D eigenvalue weighted by Crippen LogP contribution is 2.24. The van der Waals surface area contributed by atoms with Gasteiger partial charge in [0.05, 0.1) is 6.10 Å². The molecule has 1 fully saturated rings. The SMILES string of the molecule is CC(CNCC1CCC(O)C1)C(N)=NO. The van der Waals surface area contributed by atoms with Crippen LogP contribution in [0.5, 0.6) is 0 Å². The van der Waals surface area contributed by atoms with Gasteiger partial charge < -0.3 is 21.4 Å². The molecule has 3 atom stereocenters. The van der Waals surface area contributed by atoms with Crippen molar-refractivity contribution in [1.29, 1.82) is 0 Å². The number of nitrogens with zero attached hydrogens (tertiary/aromatic N) is 1. The third-order valence-electron chi connectivity index (χ3n) is 3.02. The molecule has 1 aliphatic rings. The Morgan fingerprint density at radius 1 is 1.60 bits per heavy atom. The lowest BCUT2D eigenvalue weighted by Crippen LogP contribution is -2.33. The lowest BCUT2D eigenvalue weighted by Gasteiger charge is -2.14. The molecule has 88 valence electrons. The molecule has 1 saturated carbocycles. The summed E-state index contributed by atoms with van der Waals surface area (Å²) in [6, 6.07) is 0. The summed E-state index contributed by atoms with van der Waals surface area (Å²) < 4.78 is 0. The number of aliphatic hydroxyl groups excluding tert-OH is 1. The first-order valence-corrected chi connectivity index (χ1v) is 5.49. The Labute approximate surface area is 90.3 Å². The number of rotatable bonds is 5. The van der Waals surface area contributed by atoms with Crippen LogP contribution >= 0.6 is 0 Å². The molecule has 1 rings (SSSR count). The van der Waals surface area contributed by atoms with Crippen molar-refractivity contribution in [2.24, 2.45) is 22.7 Å². The maximum atomic E-state index is 9.33. The summed E-state index contributed by atoms with van der Waals surface area (Å²) in [6.45, 7) is 3.52. The number of amidine groups is 1. The fourth-order valence-electron chi connectivity index (χ4n) is 1.94. The van der Waals surface area contributed by atoms with Crippen LogP contribution in [-0.2, 0) is 0 Å². The zero-order valence-corrected chi connectivity index (χ0v) is 9.19. The fraction of sp³-hybridized carbons (Fsp3) is 0.900. The first-order chi connectivity index (χ1) is 7.13. The van der Waals surface area contributed by atoms with Crippen molar-refractivity contribution in [3.8, 4) is 0 Å². The number of hydrogen-bond acceptors (Lipinski definition) is 4.